The number of rotatable bonds is 8. The quantitative estimate of drug-likeness (QED) is 0.737. The van der Waals surface area contributed by atoms with E-state index in [4.69, 9.17) is 4.74 Å². The average Bonchev–Trinajstić information content (AvgIpc) is 3.20. The summed E-state index contributed by atoms with van der Waals surface area (Å²) in [6, 6.07) is 15.8. The van der Waals surface area contributed by atoms with Crippen LogP contribution in [-0.2, 0) is 21.4 Å². The van der Waals surface area contributed by atoms with Gasteiger partial charge in [-0.15, -0.1) is 0 Å². The first-order chi connectivity index (χ1) is 13.4. The van der Waals surface area contributed by atoms with E-state index in [2.05, 4.69) is 5.32 Å². The van der Waals surface area contributed by atoms with E-state index in [-0.39, 0.29) is 23.5 Å². The molecule has 28 heavy (non-hydrogen) atoms. The van der Waals surface area contributed by atoms with E-state index in [0.717, 1.165) is 31.2 Å². The van der Waals surface area contributed by atoms with Crippen molar-refractivity contribution in [3.63, 3.8) is 0 Å². The van der Waals surface area contributed by atoms with E-state index >= 15 is 0 Å². The van der Waals surface area contributed by atoms with Gasteiger partial charge in [-0.1, -0.05) is 43.2 Å². The highest BCUT2D eigenvalue weighted by molar-refractivity contribution is 7.89. The van der Waals surface area contributed by atoms with Gasteiger partial charge in [0.2, 0.25) is 10.0 Å². The van der Waals surface area contributed by atoms with Crippen molar-refractivity contribution in [1.82, 2.24) is 9.62 Å². The fourth-order valence-electron chi connectivity index (χ4n) is 3.30. The summed E-state index contributed by atoms with van der Waals surface area (Å²) >= 11 is 0. The molecule has 0 aliphatic heterocycles. The van der Waals surface area contributed by atoms with E-state index in [1.165, 1.54) is 16.4 Å². The summed E-state index contributed by atoms with van der Waals surface area (Å²) in [6.07, 6.45) is 4.35. The molecule has 1 saturated carbocycles. The lowest BCUT2D eigenvalue weighted by Gasteiger charge is -2.17. The molecule has 1 N–H and O–H groups in total. The third kappa shape index (κ3) is 5.33. The minimum Gasteiger partial charge on any atom is -0.484 e. The predicted molar refractivity (Wildman–Crippen MR) is 107 cm³/mol. The van der Waals surface area contributed by atoms with Gasteiger partial charge in [-0.05, 0) is 42.7 Å². The third-order valence-electron chi connectivity index (χ3n) is 4.87. The highest BCUT2D eigenvalue weighted by Crippen LogP contribution is 2.21. The number of amides is 1. The molecule has 0 atom stereocenters. The van der Waals surface area contributed by atoms with Gasteiger partial charge < -0.3 is 10.1 Å². The van der Waals surface area contributed by atoms with Crippen LogP contribution in [0, 0.1) is 0 Å². The van der Waals surface area contributed by atoms with Gasteiger partial charge in [0.1, 0.15) is 5.75 Å². The van der Waals surface area contributed by atoms with E-state index < -0.39 is 10.0 Å². The second-order valence-electron chi connectivity index (χ2n) is 7.06. The van der Waals surface area contributed by atoms with Crippen LogP contribution < -0.4 is 10.1 Å². The van der Waals surface area contributed by atoms with Crippen molar-refractivity contribution in [2.45, 2.75) is 43.2 Å². The van der Waals surface area contributed by atoms with Gasteiger partial charge in [0.25, 0.3) is 5.91 Å². The summed E-state index contributed by atoms with van der Waals surface area (Å²) in [7, 11) is -2.05. The summed E-state index contributed by atoms with van der Waals surface area (Å²) in [6.45, 7) is 0.221. The van der Waals surface area contributed by atoms with E-state index in [9.17, 15) is 13.2 Å². The molecule has 3 rings (SSSR count). The molecule has 2 aromatic carbocycles. The minimum absolute atomic E-state index is 0.0729. The second kappa shape index (κ2) is 9.21. The van der Waals surface area contributed by atoms with Gasteiger partial charge in [0, 0.05) is 19.6 Å². The molecule has 1 amide bonds. The Morgan fingerprint density at radius 3 is 2.36 bits per heavy atom. The lowest BCUT2D eigenvalue weighted by molar-refractivity contribution is -0.123. The zero-order valence-corrected chi connectivity index (χ0v) is 16.8. The molecule has 2 aromatic rings. The number of carbonyl (C=O) groups excluding carboxylic acids is 1. The monoisotopic (exact) mass is 402 g/mol. The Bertz CT molecular complexity index is 876. The number of carbonyl (C=O) groups is 1. The van der Waals surface area contributed by atoms with Crippen LogP contribution >= 0.6 is 0 Å². The first-order valence-electron chi connectivity index (χ1n) is 9.47. The van der Waals surface area contributed by atoms with Crippen molar-refractivity contribution in [3.8, 4) is 5.75 Å². The molecule has 1 aliphatic rings. The van der Waals surface area contributed by atoms with Crippen LogP contribution in [0.25, 0.3) is 0 Å². The molecule has 0 unspecified atom stereocenters. The Morgan fingerprint density at radius 1 is 1.07 bits per heavy atom. The molecular formula is C21H26N2O4S. The van der Waals surface area contributed by atoms with Crippen LogP contribution in [0.4, 0.5) is 0 Å². The Labute approximate surface area is 166 Å². The number of nitrogens with zero attached hydrogens (tertiary/aromatic N) is 1. The number of ether oxygens (including phenoxy) is 1. The van der Waals surface area contributed by atoms with E-state index in [0.29, 0.717) is 12.3 Å². The lowest BCUT2D eigenvalue weighted by atomic mass is 10.2. The Kier molecular flexibility index (Phi) is 6.70. The summed E-state index contributed by atoms with van der Waals surface area (Å²) < 4.78 is 32.3. The number of hydrogen-bond acceptors (Lipinski definition) is 4. The maximum absolute atomic E-state index is 12.7. The van der Waals surface area contributed by atoms with Crippen molar-refractivity contribution in [1.29, 1.82) is 0 Å². The standard InChI is InChI=1S/C21H26N2O4S/c1-23(15-17-7-3-2-4-8-17)28(25,26)20-13-11-19(12-14-20)27-16-21(24)22-18-9-5-6-10-18/h2-4,7-8,11-14,18H,5-6,9-10,15-16H2,1H3,(H,22,24). The van der Waals surface area contributed by atoms with Crippen LogP contribution in [0.3, 0.4) is 0 Å². The minimum atomic E-state index is -3.60. The maximum Gasteiger partial charge on any atom is 0.258 e. The van der Waals surface area contributed by atoms with Crippen molar-refractivity contribution in [2.75, 3.05) is 13.7 Å². The number of hydrogen-bond donors (Lipinski definition) is 1. The number of sulfonamides is 1. The molecule has 1 aliphatic carbocycles. The molecule has 0 radical (unpaired) electrons. The summed E-state index contributed by atoms with van der Waals surface area (Å²) in [5.74, 6) is 0.317. The molecule has 0 heterocycles. The highest BCUT2D eigenvalue weighted by Gasteiger charge is 2.21. The summed E-state index contributed by atoms with van der Waals surface area (Å²) in [5, 5.41) is 2.96. The zero-order chi connectivity index (χ0) is 20.0. The molecule has 6 nitrogen and oxygen atoms in total. The van der Waals surface area contributed by atoms with Crippen molar-refractivity contribution in [3.05, 3.63) is 60.2 Å². The average molecular weight is 403 g/mol. The number of nitrogens with one attached hydrogen (secondary N) is 1. The zero-order valence-electron chi connectivity index (χ0n) is 16.0. The predicted octanol–water partition coefficient (Wildman–Crippen LogP) is 2.94. The Hall–Kier alpha value is -2.38. The molecule has 0 bridgehead atoms. The lowest BCUT2D eigenvalue weighted by Crippen LogP contribution is -2.36. The summed E-state index contributed by atoms with van der Waals surface area (Å²) in [4.78, 5) is 12.1. The largest absolute Gasteiger partial charge is 0.484 e. The van der Waals surface area contributed by atoms with Crippen molar-refractivity contribution in [2.24, 2.45) is 0 Å². The van der Waals surface area contributed by atoms with Crippen LogP contribution in [0.5, 0.6) is 5.75 Å². The second-order valence-corrected chi connectivity index (χ2v) is 9.10. The van der Waals surface area contributed by atoms with Gasteiger partial charge in [0.15, 0.2) is 6.61 Å². The van der Waals surface area contributed by atoms with Crippen LogP contribution in [0.15, 0.2) is 59.5 Å². The van der Waals surface area contributed by atoms with Crippen LogP contribution in [0.1, 0.15) is 31.2 Å². The molecular weight excluding hydrogens is 376 g/mol. The molecule has 0 spiro atoms. The van der Waals surface area contributed by atoms with Gasteiger partial charge in [-0.2, -0.15) is 4.31 Å². The maximum atomic E-state index is 12.7. The van der Waals surface area contributed by atoms with Gasteiger partial charge >= 0.3 is 0 Å². The summed E-state index contributed by atoms with van der Waals surface area (Å²) in [5.41, 5.74) is 0.918. The van der Waals surface area contributed by atoms with Crippen molar-refractivity contribution >= 4 is 15.9 Å². The topological polar surface area (TPSA) is 75.7 Å². The fourth-order valence-corrected chi connectivity index (χ4v) is 4.46. The third-order valence-corrected chi connectivity index (χ3v) is 6.69. The molecule has 1 fully saturated rings. The van der Waals surface area contributed by atoms with Gasteiger partial charge in [0.05, 0.1) is 4.90 Å². The first kappa shape index (κ1) is 20.4. The molecule has 150 valence electrons. The highest BCUT2D eigenvalue weighted by atomic mass is 32.2. The molecule has 0 saturated heterocycles. The first-order valence-corrected chi connectivity index (χ1v) is 10.9. The SMILES string of the molecule is CN(Cc1ccccc1)S(=O)(=O)c1ccc(OCC(=O)NC2CCCC2)cc1. The van der Waals surface area contributed by atoms with Gasteiger partial charge in [-0.3, -0.25) is 4.79 Å². The van der Waals surface area contributed by atoms with E-state index in [1.807, 2.05) is 30.3 Å². The van der Waals surface area contributed by atoms with Crippen molar-refractivity contribution < 1.29 is 17.9 Å². The smallest absolute Gasteiger partial charge is 0.258 e. The normalized spacial score (nSPS) is 14.9. The molecule has 7 heteroatoms. The number of benzene rings is 2. The fraction of sp³-hybridized carbons (Fsp3) is 0.381. The van der Waals surface area contributed by atoms with Gasteiger partial charge in [-0.25, -0.2) is 8.42 Å². The Balaban J connectivity index is 1.55. The Morgan fingerprint density at radius 2 is 1.71 bits per heavy atom. The van der Waals surface area contributed by atoms with Crippen LogP contribution in [0.2, 0.25) is 0 Å². The van der Waals surface area contributed by atoms with E-state index in [1.54, 1.807) is 19.2 Å². The molecule has 0 aromatic heterocycles. The van der Waals surface area contributed by atoms with Crippen LogP contribution in [-0.4, -0.2) is 38.3 Å².